The van der Waals surface area contributed by atoms with E-state index in [9.17, 15) is 18.0 Å². The Kier molecular flexibility index (Phi) is 6.68. The smallest absolute Gasteiger partial charge is 0.422 e. The fourth-order valence-corrected chi connectivity index (χ4v) is 2.89. The van der Waals surface area contributed by atoms with Gasteiger partial charge in [0.15, 0.2) is 6.61 Å². The molecular weight excluding hydrogens is 437 g/mol. The Labute approximate surface area is 187 Å². The van der Waals surface area contributed by atoms with Gasteiger partial charge in [0, 0.05) is 29.7 Å². The number of amides is 1. The van der Waals surface area contributed by atoms with Gasteiger partial charge in [-0.2, -0.15) is 13.2 Å². The normalized spacial score (nSPS) is 13.4. The van der Waals surface area contributed by atoms with Crippen molar-refractivity contribution in [2.45, 2.75) is 31.5 Å². The van der Waals surface area contributed by atoms with Gasteiger partial charge in [0.1, 0.15) is 5.75 Å². The number of hydrogen-bond donors (Lipinski definition) is 3. The molecule has 1 aliphatic carbocycles. The Morgan fingerprint density at radius 2 is 1.88 bits per heavy atom. The van der Waals surface area contributed by atoms with E-state index in [-0.39, 0.29) is 18.1 Å². The van der Waals surface area contributed by atoms with E-state index in [4.69, 9.17) is 4.74 Å². The molecule has 3 N–H and O–H groups in total. The van der Waals surface area contributed by atoms with Crippen molar-refractivity contribution in [2.24, 2.45) is 0 Å². The molecule has 1 saturated carbocycles. The largest absolute Gasteiger partial charge is 0.482 e. The Morgan fingerprint density at radius 3 is 2.61 bits per heavy atom. The number of carbonyl (C=O) groups is 1. The number of nitrogens with zero attached hydrogens (tertiary/aromatic N) is 3. The van der Waals surface area contributed by atoms with E-state index < -0.39 is 12.8 Å². The molecule has 0 bridgehead atoms. The lowest BCUT2D eigenvalue weighted by molar-refractivity contribution is -0.153. The third-order valence-electron chi connectivity index (χ3n) is 4.64. The predicted molar refractivity (Wildman–Crippen MR) is 115 cm³/mol. The third kappa shape index (κ3) is 7.14. The van der Waals surface area contributed by atoms with Crippen molar-refractivity contribution in [2.75, 3.05) is 17.3 Å². The van der Waals surface area contributed by atoms with Gasteiger partial charge in [-0.3, -0.25) is 15.2 Å². The highest BCUT2D eigenvalue weighted by Crippen LogP contribution is 2.25. The zero-order valence-electron chi connectivity index (χ0n) is 17.4. The Balaban J connectivity index is 1.33. The first-order valence-corrected chi connectivity index (χ1v) is 10.2. The van der Waals surface area contributed by atoms with Gasteiger partial charge >= 0.3 is 6.18 Å². The highest BCUT2D eigenvalue weighted by Gasteiger charge is 2.28. The monoisotopic (exact) mass is 458 g/mol. The molecule has 3 aromatic rings. The van der Waals surface area contributed by atoms with Gasteiger partial charge in [0.25, 0.3) is 0 Å². The third-order valence-corrected chi connectivity index (χ3v) is 4.64. The number of nitrogens with one attached hydrogen (secondary N) is 3. The molecule has 0 radical (unpaired) electrons. The first kappa shape index (κ1) is 22.5. The standard InChI is InChI=1S/C22H21F3N6O2/c23-22(24,25)13-33-19-9-15(11-26-12-19)14-1-3-16(4-2-14)28-20(32)10-18-7-8-27-21(29-18)31-30-17-5-6-17/h1-4,7-9,11-12,17,30H,5-6,10,13H2,(H,28,32)(H,27,29,31). The molecule has 1 amide bonds. The first-order valence-electron chi connectivity index (χ1n) is 10.2. The van der Waals surface area contributed by atoms with Crippen molar-refractivity contribution in [1.29, 1.82) is 0 Å². The van der Waals surface area contributed by atoms with E-state index in [1.54, 1.807) is 36.5 Å². The van der Waals surface area contributed by atoms with Crippen molar-refractivity contribution in [3.8, 4) is 16.9 Å². The predicted octanol–water partition coefficient (Wildman–Crippen LogP) is 3.74. The number of aromatic nitrogens is 3. The lowest BCUT2D eigenvalue weighted by Gasteiger charge is -2.10. The summed E-state index contributed by atoms with van der Waals surface area (Å²) in [6.45, 7) is -1.38. The number of hydrogen-bond acceptors (Lipinski definition) is 7. The molecule has 11 heteroatoms. The second-order valence-electron chi connectivity index (χ2n) is 7.53. The fraction of sp³-hybridized carbons (Fsp3) is 0.273. The summed E-state index contributed by atoms with van der Waals surface area (Å²) < 4.78 is 41.8. The maximum atomic E-state index is 12.4. The number of halogens is 3. The second kappa shape index (κ2) is 9.82. The molecule has 172 valence electrons. The van der Waals surface area contributed by atoms with Crippen molar-refractivity contribution < 1.29 is 22.7 Å². The van der Waals surface area contributed by atoms with Crippen LogP contribution in [-0.4, -0.2) is 39.7 Å². The molecule has 0 unspecified atom stereocenters. The molecule has 1 aliphatic rings. The molecule has 2 aromatic heterocycles. The number of pyridine rings is 1. The van der Waals surface area contributed by atoms with E-state index >= 15 is 0 Å². The van der Waals surface area contributed by atoms with E-state index in [0.29, 0.717) is 34.5 Å². The summed E-state index contributed by atoms with van der Waals surface area (Å²) in [5.74, 6) is 0.187. The maximum Gasteiger partial charge on any atom is 0.422 e. The summed E-state index contributed by atoms with van der Waals surface area (Å²) in [6, 6.07) is 10.4. The molecule has 1 fully saturated rings. The van der Waals surface area contributed by atoms with Gasteiger partial charge in [-0.05, 0) is 42.7 Å². The topological polar surface area (TPSA) is 101 Å². The lowest BCUT2D eigenvalue weighted by atomic mass is 10.1. The highest BCUT2D eigenvalue weighted by atomic mass is 19.4. The number of anilines is 2. The van der Waals surface area contributed by atoms with Gasteiger partial charge < -0.3 is 10.1 Å². The molecule has 2 heterocycles. The minimum absolute atomic E-state index is 0.0215. The Hall–Kier alpha value is -3.73. The summed E-state index contributed by atoms with van der Waals surface area (Å²) in [7, 11) is 0. The van der Waals surface area contributed by atoms with Crippen LogP contribution in [0.1, 0.15) is 18.5 Å². The van der Waals surface area contributed by atoms with Gasteiger partial charge in [-0.15, -0.1) is 0 Å². The molecule has 1 aromatic carbocycles. The van der Waals surface area contributed by atoms with Crippen LogP contribution in [-0.2, 0) is 11.2 Å². The number of alkyl halides is 3. The summed E-state index contributed by atoms with van der Waals surface area (Å²) >= 11 is 0. The number of hydrazine groups is 1. The van der Waals surface area contributed by atoms with Crippen LogP contribution >= 0.6 is 0 Å². The summed E-state index contributed by atoms with van der Waals surface area (Å²) in [5.41, 5.74) is 8.48. The van der Waals surface area contributed by atoms with E-state index in [1.807, 2.05) is 0 Å². The average molecular weight is 458 g/mol. The molecule has 4 rings (SSSR count). The molecule has 0 aliphatic heterocycles. The quantitative estimate of drug-likeness (QED) is 0.420. The maximum absolute atomic E-state index is 12.4. The zero-order chi connectivity index (χ0) is 23.3. The Morgan fingerprint density at radius 1 is 1.09 bits per heavy atom. The van der Waals surface area contributed by atoms with Crippen molar-refractivity contribution >= 4 is 17.5 Å². The van der Waals surface area contributed by atoms with Gasteiger partial charge in [-0.1, -0.05) is 12.1 Å². The molecular formula is C22H21F3N6O2. The summed E-state index contributed by atoms with van der Waals surface area (Å²) in [5, 5.41) is 2.80. The van der Waals surface area contributed by atoms with Crippen LogP contribution < -0.4 is 20.9 Å². The lowest BCUT2D eigenvalue weighted by Crippen LogP contribution is -2.25. The second-order valence-corrected chi connectivity index (χ2v) is 7.53. The highest BCUT2D eigenvalue weighted by molar-refractivity contribution is 5.92. The van der Waals surface area contributed by atoms with E-state index in [1.165, 1.54) is 18.5 Å². The Bertz CT molecular complexity index is 1100. The molecule has 33 heavy (non-hydrogen) atoms. The van der Waals surface area contributed by atoms with E-state index in [0.717, 1.165) is 12.8 Å². The van der Waals surface area contributed by atoms with Crippen LogP contribution in [0.2, 0.25) is 0 Å². The van der Waals surface area contributed by atoms with Crippen molar-refractivity contribution in [3.05, 3.63) is 60.7 Å². The fourth-order valence-electron chi connectivity index (χ4n) is 2.89. The van der Waals surface area contributed by atoms with Crippen LogP contribution in [0.15, 0.2) is 55.0 Å². The SMILES string of the molecule is O=C(Cc1ccnc(NNC2CC2)n1)Nc1ccc(-c2cncc(OCC(F)(F)F)c2)cc1. The van der Waals surface area contributed by atoms with Gasteiger partial charge in [-0.25, -0.2) is 15.4 Å². The molecule has 0 spiro atoms. The minimum atomic E-state index is -4.42. The minimum Gasteiger partial charge on any atom is -0.482 e. The summed E-state index contributed by atoms with van der Waals surface area (Å²) in [4.78, 5) is 24.7. The molecule has 0 saturated heterocycles. The first-order chi connectivity index (χ1) is 15.8. The summed E-state index contributed by atoms with van der Waals surface area (Å²) in [6.07, 6.45) is 2.20. The number of carbonyl (C=O) groups excluding carboxylic acids is 1. The van der Waals surface area contributed by atoms with Crippen LogP contribution in [0, 0.1) is 0 Å². The number of benzene rings is 1. The van der Waals surface area contributed by atoms with Crippen LogP contribution in [0.3, 0.4) is 0 Å². The van der Waals surface area contributed by atoms with Crippen LogP contribution in [0.5, 0.6) is 5.75 Å². The van der Waals surface area contributed by atoms with Crippen molar-refractivity contribution in [3.63, 3.8) is 0 Å². The van der Waals surface area contributed by atoms with E-state index in [2.05, 4.69) is 31.1 Å². The molecule has 0 atom stereocenters. The van der Waals surface area contributed by atoms with Gasteiger partial charge in [0.2, 0.25) is 11.9 Å². The van der Waals surface area contributed by atoms with Crippen LogP contribution in [0.25, 0.3) is 11.1 Å². The van der Waals surface area contributed by atoms with Gasteiger partial charge in [0.05, 0.1) is 18.3 Å². The average Bonchev–Trinajstić information content (AvgIpc) is 3.61. The number of ether oxygens (including phenoxy) is 1. The number of rotatable bonds is 9. The van der Waals surface area contributed by atoms with Crippen LogP contribution in [0.4, 0.5) is 24.8 Å². The zero-order valence-corrected chi connectivity index (χ0v) is 17.4. The molecule has 8 nitrogen and oxygen atoms in total. The van der Waals surface area contributed by atoms with Crippen molar-refractivity contribution in [1.82, 2.24) is 20.4 Å².